The third kappa shape index (κ3) is 3.09. The first-order chi connectivity index (χ1) is 12.1. The largest absolute Gasteiger partial charge is 0.508 e. The summed E-state index contributed by atoms with van der Waals surface area (Å²) in [5, 5.41) is 22.6. The summed E-state index contributed by atoms with van der Waals surface area (Å²) in [6.45, 7) is 2.02. The zero-order valence-corrected chi connectivity index (χ0v) is 14.0. The molecule has 0 bridgehead atoms. The Morgan fingerprint density at radius 1 is 1.08 bits per heavy atom. The molecular formula is C18H13N3O3S. The molecule has 0 saturated heterocycles. The second-order valence-electron chi connectivity index (χ2n) is 5.57. The van der Waals surface area contributed by atoms with Crippen molar-refractivity contribution in [3.05, 3.63) is 64.5 Å². The highest BCUT2D eigenvalue weighted by Crippen LogP contribution is 2.29. The Hall–Kier alpha value is -3.19. The third-order valence-electron chi connectivity index (χ3n) is 3.68. The first kappa shape index (κ1) is 15.3. The number of nitrogens with zero attached hydrogens (tertiary/aromatic N) is 2. The standard InChI is InChI=1S/C18H13N3O3S/c1-10-2-5-12(6-3-10)19-18-21-20-16(25-18)14-8-11-4-7-13(22)9-15(11)24-17(14)23/h2-9,22H,1H3,(H,19,21). The monoisotopic (exact) mass is 351 g/mol. The Balaban J connectivity index is 1.68. The van der Waals surface area contributed by atoms with Gasteiger partial charge in [0.15, 0.2) is 5.01 Å². The summed E-state index contributed by atoms with van der Waals surface area (Å²) < 4.78 is 5.27. The first-order valence-electron chi connectivity index (χ1n) is 7.53. The maximum Gasteiger partial charge on any atom is 0.346 e. The molecule has 6 nitrogen and oxygen atoms in total. The Morgan fingerprint density at radius 2 is 1.88 bits per heavy atom. The normalized spacial score (nSPS) is 10.9. The van der Waals surface area contributed by atoms with Crippen LogP contribution in [0, 0.1) is 6.92 Å². The lowest BCUT2D eigenvalue weighted by Crippen LogP contribution is -2.02. The van der Waals surface area contributed by atoms with Crippen molar-refractivity contribution in [2.45, 2.75) is 6.92 Å². The molecule has 0 aliphatic carbocycles. The second kappa shape index (κ2) is 6.03. The number of aromatic hydroxyl groups is 1. The lowest BCUT2D eigenvalue weighted by atomic mass is 10.2. The summed E-state index contributed by atoms with van der Waals surface area (Å²) in [7, 11) is 0. The number of rotatable bonds is 3. The number of anilines is 2. The van der Waals surface area contributed by atoms with Gasteiger partial charge in [0, 0.05) is 17.1 Å². The molecule has 2 N–H and O–H groups in total. The van der Waals surface area contributed by atoms with Gasteiger partial charge in [0.2, 0.25) is 5.13 Å². The number of aryl methyl sites for hydroxylation is 1. The molecule has 0 aliphatic rings. The van der Waals surface area contributed by atoms with E-state index in [9.17, 15) is 9.90 Å². The highest BCUT2D eigenvalue weighted by atomic mass is 32.1. The van der Waals surface area contributed by atoms with Crippen molar-refractivity contribution in [3.8, 4) is 16.3 Å². The summed E-state index contributed by atoms with van der Waals surface area (Å²) in [5.41, 5.74) is 2.22. The fourth-order valence-electron chi connectivity index (χ4n) is 2.39. The molecule has 0 saturated carbocycles. The van der Waals surface area contributed by atoms with E-state index in [2.05, 4.69) is 15.5 Å². The van der Waals surface area contributed by atoms with Gasteiger partial charge in [-0.15, -0.1) is 10.2 Å². The van der Waals surface area contributed by atoms with Crippen molar-refractivity contribution < 1.29 is 9.52 Å². The van der Waals surface area contributed by atoms with E-state index in [0.29, 0.717) is 26.7 Å². The average molecular weight is 351 g/mol. The summed E-state index contributed by atoms with van der Waals surface area (Å²) >= 11 is 1.27. The van der Waals surface area contributed by atoms with Crippen LogP contribution in [0.25, 0.3) is 21.5 Å². The van der Waals surface area contributed by atoms with E-state index in [1.165, 1.54) is 29.0 Å². The number of hydrogen-bond donors (Lipinski definition) is 2. The highest BCUT2D eigenvalue weighted by Gasteiger charge is 2.13. The van der Waals surface area contributed by atoms with Crippen LogP contribution in [0.2, 0.25) is 0 Å². The maximum absolute atomic E-state index is 12.2. The van der Waals surface area contributed by atoms with Crippen molar-refractivity contribution in [1.29, 1.82) is 0 Å². The molecule has 0 fully saturated rings. The van der Waals surface area contributed by atoms with Crippen molar-refractivity contribution in [2.75, 3.05) is 5.32 Å². The van der Waals surface area contributed by atoms with Crippen LogP contribution in [-0.4, -0.2) is 15.3 Å². The number of phenols is 1. The van der Waals surface area contributed by atoms with E-state index in [0.717, 1.165) is 5.69 Å². The Kier molecular flexibility index (Phi) is 3.70. The van der Waals surface area contributed by atoms with Crippen LogP contribution in [0.5, 0.6) is 5.75 Å². The Bertz CT molecular complexity index is 1120. The molecule has 0 unspecified atom stereocenters. The number of fused-ring (bicyclic) bond motifs is 1. The predicted molar refractivity (Wildman–Crippen MR) is 97.5 cm³/mol. The summed E-state index contributed by atoms with van der Waals surface area (Å²) in [6.07, 6.45) is 0. The van der Waals surface area contributed by atoms with Gasteiger partial charge >= 0.3 is 5.63 Å². The van der Waals surface area contributed by atoms with Gasteiger partial charge in [-0.25, -0.2) is 4.79 Å². The molecule has 0 radical (unpaired) electrons. The lowest BCUT2D eigenvalue weighted by Gasteiger charge is -2.01. The second-order valence-corrected chi connectivity index (χ2v) is 6.55. The minimum Gasteiger partial charge on any atom is -0.508 e. The molecule has 2 aromatic heterocycles. The first-order valence-corrected chi connectivity index (χ1v) is 8.34. The summed E-state index contributed by atoms with van der Waals surface area (Å²) in [5.74, 6) is 0.0453. The van der Waals surface area contributed by atoms with E-state index >= 15 is 0 Å². The molecule has 0 atom stereocenters. The van der Waals surface area contributed by atoms with E-state index in [4.69, 9.17) is 4.42 Å². The van der Waals surface area contributed by atoms with E-state index in [1.807, 2.05) is 31.2 Å². The van der Waals surface area contributed by atoms with Crippen molar-refractivity contribution in [2.24, 2.45) is 0 Å². The van der Waals surface area contributed by atoms with Gasteiger partial charge in [0.25, 0.3) is 0 Å². The van der Waals surface area contributed by atoms with Gasteiger partial charge in [-0.3, -0.25) is 0 Å². The van der Waals surface area contributed by atoms with Crippen molar-refractivity contribution in [3.63, 3.8) is 0 Å². The van der Waals surface area contributed by atoms with Crippen molar-refractivity contribution in [1.82, 2.24) is 10.2 Å². The van der Waals surface area contributed by atoms with E-state index < -0.39 is 5.63 Å². The summed E-state index contributed by atoms with van der Waals surface area (Å²) in [6, 6.07) is 14.2. The quantitative estimate of drug-likeness (QED) is 0.541. The van der Waals surface area contributed by atoms with Gasteiger partial charge in [0.1, 0.15) is 11.3 Å². The van der Waals surface area contributed by atoms with Gasteiger partial charge < -0.3 is 14.8 Å². The number of nitrogens with one attached hydrogen (secondary N) is 1. The Labute approximate surface area is 146 Å². The minimum atomic E-state index is -0.517. The fraction of sp³-hybridized carbons (Fsp3) is 0.0556. The van der Waals surface area contributed by atoms with Crippen molar-refractivity contribution >= 4 is 33.1 Å². The molecule has 124 valence electrons. The number of hydrogen-bond acceptors (Lipinski definition) is 7. The molecule has 7 heteroatoms. The van der Waals surface area contributed by atoms with Crippen LogP contribution in [0.4, 0.5) is 10.8 Å². The van der Waals surface area contributed by atoms with E-state index in [1.54, 1.807) is 12.1 Å². The zero-order valence-electron chi connectivity index (χ0n) is 13.2. The van der Waals surface area contributed by atoms with Gasteiger partial charge in [0.05, 0.1) is 5.56 Å². The van der Waals surface area contributed by atoms with Crippen LogP contribution in [0.15, 0.2) is 57.7 Å². The predicted octanol–water partition coefficient (Wildman–Crippen LogP) is 4.07. The number of aromatic nitrogens is 2. The smallest absolute Gasteiger partial charge is 0.346 e. The molecule has 2 aromatic carbocycles. The van der Waals surface area contributed by atoms with Crippen LogP contribution in [-0.2, 0) is 0 Å². The third-order valence-corrected chi connectivity index (χ3v) is 4.55. The molecule has 0 amide bonds. The molecule has 2 heterocycles. The topological polar surface area (TPSA) is 88.2 Å². The molecule has 0 spiro atoms. The molecule has 4 rings (SSSR count). The fourth-order valence-corrected chi connectivity index (χ4v) is 3.16. The molecular weight excluding hydrogens is 338 g/mol. The molecule has 4 aromatic rings. The van der Waals surface area contributed by atoms with Crippen LogP contribution in [0.3, 0.4) is 0 Å². The average Bonchev–Trinajstić information content (AvgIpc) is 3.04. The number of phenolic OH excluding ortho intramolecular Hbond substituents is 1. The lowest BCUT2D eigenvalue weighted by molar-refractivity contribution is 0.473. The minimum absolute atomic E-state index is 0.0453. The van der Waals surface area contributed by atoms with Crippen LogP contribution in [0.1, 0.15) is 5.56 Å². The SMILES string of the molecule is Cc1ccc(Nc2nnc(-c3cc4ccc(O)cc4oc3=O)s2)cc1. The molecule has 25 heavy (non-hydrogen) atoms. The van der Waals surface area contributed by atoms with Gasteiger partial charge in [-0.1, -0.05) is 29.0 Å². The Morgan fingerprint density at radius 3 is 2.68 bits per heavy atom. The number of benzene rings is 2. The summed E-state index contributed by atoms with van der Waals surface area (Å²) in [4.78, 5) is 12.2. The highest BCUT2D eigenvalue weighted by molar-refractivity contribution is 7.18. The van der Waals surface area contributed by atoms with Crippen LogP contribution < -0.4 is 10.9 Å². The van der Waals surface area contributed by atoms with E-state index in [-0.39, 0.29) is 5.75 Å². The molecule has 0 aliphatic heterocycles. The van der Waals surface area contributed by atoms with Gasteiger partial charge in [-0.05, 0) is 37.3 Å². The maximum atomic E-state index is 12.2. The van der Waals surface area contributed by atoms with Crippen LogP contribution >= 0.6 is 11.3 Å². The zero-order chi connectivity index (χ0) is 17.4. The van der Waals surface area contributed by atoms with Gasteiger partial charge in [-0.2, -0.15) is 0 Å².